The van der Waals surface area contributed by atoms with Crippen molar-refractivity contribution in [2.45, 2.75) is 19.4 Å². The average molecular weight is 328 g/mol. The second-order valence-corrected chi connectivity index (χ2v) is 5.99. The van der Waals surface area contributed by atoms with Gasteiger partial charge in [0.25, 0.3) is 0 Å². The summed E-state index contributed by atoms with van der Waals surface area (Å²) < 4.78 is 1.76. The Kier molecular flexibility index (Phi) is 4.50. The number of urea groups is 1. The van der Waals surface area contributed by atoms with E-state index in [4.69, 9.17) is 5.11 Å². The SMILES string of the molecule is CC(NC(=O)N1CCC(C(=O)O)C1)c1cccc(-n2cccn2)c1. The van der Waals surface area contributed by atoms with E-state index >= 15 is 0 Å². The minimum atomic E-state index is -0.842. The van der Waals surface area contributed by atoms with Crippen LogP contribution in [0.15, 0.2) is 42.7 Å². The quantitative estimate of drug-likeness (QED) is 0.899. The first-order chi connectivity index (χ1) is 11.5. The minimum absolute atomic E-state index is 0.183. The third-order valence-corrected chi connectivity index (χ3v) is 4.30. The Labute approximate surface area is 139 Å². The van der Waals surface area contributed by atoms with Crippen LogP contribution in [0.5, 0.6) is 0 Å². The van der Waals surface area contributed by atoms with Gasteiger partial charge in [0.1, 0.15) is 0 Å². The molecule has 7 nitrogen and oxygen atoms in total. The zero-order valence-corrected chi connectivity index (χ0v) is 13.4. The van der Waals surface area contributed by atoms with Gasteiger partial charge in [0, 0.05) is 25.5 Å². The number of benzene rings is 1. The van der Waals surface area contributed by atoms with E-state index in [0.717, 1.165) is 11.3 Å². The number of carbonyl (C=O) groups is 2. The molecule has 0 saturated carbocycles. The van der Waals surface area contributed by atoms with Crippen LogP contribution in [0.2, 0.25) is 0 Å². The van der Waals surface area contributed by atoms with Crippen molar-refractivity contribution in [2.24, 2.45) is 5.92 Å². The number of aliphatic carboxylic acids is 1. The van der Waals surface area contributed by atoms with E-state index in [2.05, 4.69) is 10.4 Å². The van der Waals surface area contributed by atoms with Crippen molar-refractivity contribution in [1.82, 2.24) is 20.0 Å². The van der Waals surface area contributed by atoms with Gasteiger partial charge < -0.3 is 15.3 Å². The van der Waals surface area contributed by atoms with Gasteiger partial charge >= 0.3 is 12.0 Å². The Hall–Kier alpha value is -2.83. The Balaban J connectivity index is 1.65. The number of nitrogens with one attached hydrogen (secondary N) is 1. The molecule has 2 heterocycles. The largest absolute Gasteiger partial charge is 0.481 e. The number of rotatable bonds is 4. The first-order valence-corrected chi connectivity index (χ1v) is 7.93. The molecule has 1 saturated heterocycles. The van der Waals surface area contributed by atoms with Crippen molar-refractivity contribution in [1.29, 1.82) is 0 Å². The van der Waals surface area contributed by atoms with E-state index in [1.54, 1.807) is 15.8 Å². The molecule has 0 bridgehead atoms. The maximum atomic E-state index is 12.3. The van der Waals surface area contributed by atoms with Crippen LogP contribution in [0.25, 0.3) is 5.69 Å². The zero-order chi connectivity index (χ0) is 17.1. The highest BCUT2D eigenvalue weighted by atomic mass is 16.4. The summed E-state index contributed by atoms with van der Waals surface area (Å²) in [5, 5.41) is 16.2. The molecule has 0 spiro atoms. The first kappa shape index (κ1) is 16.0. The summed E-state index contributed by atoms with van der Waals surface area (Å²) in [5.74, 6) is -1.31. The maximum absolute atomic E-state index is 12.3. The fourth-order valence-electron chi connectivity index (χ4n) is 2.86. The summed E-state index contributed by atoms with van der Waals surface area (Å²) in [6.07, 6.45) is 4.08. The van der Waals surface area contributed by atoms with E-state index < -0.39 is 11.9 Å². The molecular formula is C17H20N4O3. The van der Waals surface area contributed by atoms with Gasteiger partial charge in [-0.25, -0.2) is 9.48 Å². The molecule has 7 heteroatoms. The van der Waals surface area contributed by atoms with Crippen molar-refractivity contribution in [3.63, 3.8) is 0 Å². The third kappa shape index (κ3) is 3.40. The highest BCUT2D eigenvalue weighted by molar-refractivity contribution is 5.77. The number of carbonyl (C=O) groups excluding carboxylic acids is 1. The number of nitrogens with zero attached hydrogens (tertiary/aromatic N) is 3. The summed E-state index contributed by atoms with van der Waals surface area (Å²) in [6, 6.07) is 9.23. The number of aromatic nitrogens is 2. The van der Waals surface area contributed by atoms with Crippen LogP contribution in [-0.2, 0) is 4.79 Å². The zero-order valence-electron chi connectivity index (χ0n) is 13.4. The molecule has 1 aromatic carbocycles. The first-order valence-electron chi connectivity index (χ1n) is 7.93. The van der Waals surface area contributed by atoms with Gasteiger partial charge in [-0.15, -0.1) is 0 Å². The molecule has 2 N–H and O–H groups in total. The lowest BCUT2D eigenvalue weighted by molar-refractivity contribution is -0.141. The van der Waals surface area contributed by atoms with Crippen LogP contribution in [-0.4, -0.2) is 44.9 Å². The monoisotopic (exact) mass is 328 g/mol. The molecule has 2 atom stereocenters. The molecule has 2 aromatic rings. The lowest BCUT2D eigenvalue weighted by Gasteiger charge is -2.21. The van der Waals surface area contributed by atoms with Crippen LogP contribution < -0.4 is 5.32 Å². The lowest BCUT2D eigenvalue weighted by Crippen LogP contribution is -2.40. The second kappa shape index (κ2) is 6.74. The van der Waals surface area contributed by atoms with Crippen LogP contribution in [0.3, 0.4) is 0 Å². The molecule has 0 aliphatic carbocycles. The number of likely N-dealkylation sites (tertiary alicyclic amines) is 1. The van der Waals surface area contributed by atoms with Gasteiger partial charge in [0.15, 0.2) is 0 Å². The predicted molar refractivity (Wildman–Crippen MR) is 87.8 cm³/mol. The van der Waals surface area contributed by atoms with Gasteiger partial charge in [-0.05, 0) is 37.1 Å². The molecule has 2 unspecified atom stereocenters. The van der Waals surface area contributed by atoms with Crippen LogP contribution in [0.4, 0.5) is 4.79 Å². The van der Waals surface area contributed by atoms with Gasteiger partial charge in [0.05, 0.1) is 17.6 Å². The van der Waals surface area contributed by atoms with Crippen molar-refractivity contribution in [3.05, 3.63) is 48.3 Å². The minimum Gasteiger partial charge on any atom is -0.481 e. The van der Waals surface area contributed by atoms with Gasteiger partial charge in [0.2, 0.25) is 0 Å². The van der Waals surface area contributed by atoms with E-state index in [9.17, 15) is 9.59 Å². The summed E-state index contributed by atoms with van der Waals surface area (Å²) >= 11 is 0. The van der Waals surface area contributed by atoms with Crippen molar-refractivity contribution in [3.8, 4) is 5.69 Å². The predicted octanol–water partition coefficient (Wildman–Crippen LogP) is 2.05. The van der Waals surface area contributed by atoms with Crippen LogP contribution >= 0.6 is 0 Å². The molecular weight excluding hydrogens is 308 g/mol. The number of amides is 2. The summed E-state index contributed by atoms with van der Waals surface area (Å²) in [4.78, 5) is 24.9. The number of carboxylic acid groups (broad SMARTS) is 1. The smallest absolute Gasteiger partial charge is 0.317 e. The second-order valence-electron chi connectivity index (χ2n) is 5.99. The molecule has 1 aliphatic heterocycles. The number of carboxylic acids is 1. The van der Waals surface area contributed by atoms with Gasteiger partial charge in [-0.1, -0.05) is 12.1 Å². The third-order valence-electron chi connectivity index (χ3n) is 4.30. The van der Waals surface area contributed by atoms with E-state index in [-0.39, 0.29) is 18.6 Å². The van der Waals surface area contributed by atoms with Gasteiger partial charge in [-0.2, -0.15) is 5.10 Å². The van der Waals surface area contributed by atoms with Crippen molar-refractivity contribution >= 4 is 12.0 Å². The molecule has 1 fully saturated rings. The standard InChI is InChI=1S/C17H20N4O3/c1-12(19-17(24)20-9-6-14(11-20)16(22)23)13-4-2-5-15(10-13)21-8-3-7-18-21/h2-5,7-8,10,12,14H,6,9,11H2,1H3,(H,19,24)(H,22,23). The fourth-order valence-corrected chi connectivity index (χ4v) is 2.86. The highest BCUT2D eigenvalue weighted by Gasteiger charge is 2.31. The summed E-state index contributed by atoms with van der Waals surface area (Å²) in [5.41, 5.74) is 1.89. The Morgan fingerprint density at radius 2 is 2.21 bits per heavy atom. The van der Waals surface area contributed by atoms with Crippen molar-refractivity contribution in [2.75, 3.05) is 13.1 Å². The summed E-state index contributed by atoms with van der Waals surface area (Å²) in [7, 11) is 0. The van der Waals surface area contributed by atoms with Crippen LogP contribution in [0, 0.1) is 5.92 Å². The average Bonchev–Trinajstić information content (AvgIpc) is 3.26. The van der Waals surface area contributed by atoms with E-state index in [1.807, 2.05) is 43.5 Å². The summed E-state index contributed by atoms with van der Waals surface area (Å²) in [6.45, 7) is 2.65. The maximum Gasteiger partial charge on any atom is 0.317 e. The van der Waals surface area contributed by atoms with Crippen LogP contribution in [0.1, 0.15) is 24.9 Å². The molecule has 1 aromatic heterocycles. The molecule has 0 radical (unpaired) electrons. The molecule has 3 rings (SSSR count). The lowest BCUT2D eigenvalue weighted by atomic mass is 10.1. The molecule has 126 valence electrons. The molecule has 1 aliphatic rings. The normalized spacial score (nSPS) is 18.4. The van der Waals surface area contributed by atoms with Gasteiger partial charge in [-0.3, -0.25) is 4.79 Å². The Morgan fingerprint density at radius 1 is 1.38 bits per heavy atom. The molecule has 24 heavy (non-hydrogen) atoms. The Morgan fingerprint density at radius 3 is 2.88 bits per heavy atom. The molecule has 2 amide bonds. The van der Waals surface area contributed by atoms with E-state index in [0.29, 0.717) is 13.0 Å². The van der Waals surface area contributed by atoms with Crippen molar-refractivity contribution < 1.29 is 14.7 Å². The highest BCUT2D eigenvalue weighted by Crippen LogP contribution is 2.19. The topological polar surface area (TPSA) is 87.5 Å². The van der Waals surface area contributed by atoms with E-state index in [1.165, 1.54) is 0 Å². The fraction of sp³-hybridized carbons (Fsp3) is 0.353. The Bertz CT molecular complexity index is 729. The number of hydrogen-bond acceptors (Lipinski definition) is 3. The number of hydrogen-bond donors (Lipinski definition) is 2.